The van der Waals surface area contributed by atoms with Crippen LogP contribution in [0.25, 0.3) is 0 Å². The number of ether oxygens (including phenoxy) is 1. The molecule has 0 unspecified atom stereocenters. The highest BCUT2D eigenvalue weighted by atomic mass is 19.1. The Balaban J connectivity index is 1.37. The Kier molecular flexibility index (Phi) is 13.6. The zero-order chi connectivity index (χ0) is 36.2. The standard InChI is InChI=1S/C37H47FN6O6/c1-24-21-44(25(2)23-45)36(48)20-26-19-29(40-34(46)11-5-4-6-12-35(47)42-31-10-8-7-9-30(31)39)17-18-32(26)50-33(24)22-43(3)37(49)41-28-15-13-27(38)14-16-28/h7-10,13-19,24-25,33,45H,4-6,11-12,20-23,39H2,1-3H3,(H,40,46)(H,41,49)(H,42,47)/t24-,25+,33-/m1/s1. The van der Waals surface area contributed by atoms with Gasteiger partial charge in [0.1, 0.15) is 17.7 Å². The number of hydrogen-bond donors (Lipinski definition) is 5. The molecule has 4 rings (SSSR count). The molecule has 0 bridgehead atoms. The smallest absolute Gasteiger partial charge is 0.321 e. The minimum Gasteiger partial charge on any atom is -0.488 e. The molecule has 268 valence electrons. The molecule has 1 heterocycles. The maximum Gasteiger partial charge on any atom is 0.321 e. The highest BCUT2D eigenvalue weighted by molar-refractivity contribution is 5.94. The van der Waals surface area contributed by atoms with Crippen LogP contribution in [-0.4, -0.2) is 77.5 Å². The lowest BCUT2D eigenvalue weighted by molar-refractivity contribution is -0.134. The van der Waals surface area contributed by atoms with E-state index >= 15 is 0 Å². The molecule has 3 atom stereocenters. The first-order valence-corrected chi connectivity index (χ1v) is 16.8. The van der Waals surface area contributed by atoms with E-state index < -0.39 is 24.0 Å². The Hall–Kier alpha value is -5.17. The van der Waals surface area contributed by atoms with E-state index in [1.807, 2.05) is 6.92 Å². The number of carbonyl (C=O) groups is 4. The summed E-state index contributed by atoms with van der Waals surface area (Å²) < 4.78 is 19.8. The minimum atomic E-state index is -0.537. The maximum atomic E-state index is 13.5. The number of nitrogens with zero attached hydrogens (tertiary/aromatic N) is 2. The molecule has 0 saturated heterocycles. The van der Waals surface area contributed by atoms with Crippen LogP contribution < -0.4 is 26.4 Å². The van der Waals surface area contributed by atoms with Gasteiger partial charge in [0.15, 0.2) is 0 Å². The molecule has 3 aromatic rings. The second-order valence-electron chi connectivity index (χ2n) is 12.8. The summed E-state index contributed by atoms with van der Waals surface area (Å²) in [6.07, 6.45) is 1.92. The number of anilines is 4. The van der Waals surface area contributed by atoms with Crippen LogP contribution in [0.4, 0.5) is 31.9 Å². The van der Waals surface area contributed by atoms with Crippen molar-refractivity contribution >= 4 is 46.5 Å². The molecule has 0 fully saturated rings. The van der Waals surface area contributed by atoms with Crippen molar-refractivity contribution < 1.29 is 33.4 Å². The number of amides is 5. The first-order valence-electron chi connectivity index (χ1n) is 16.8. The third-order valence-corrected chi connectivity index (χ3v) is 8.64. The number of aliphatic hydroxyl groups excluding tert-OH is 1. The van der Waals surface area contributed by atoms with Crippen molar-refractivity contribution in [3.63, 3.8) is 0 Å². The lowest BCUT2D eigenvalue weighted by Crippen LogP contribution is -2.48. The monoisotopic (exact) mass is 690 g/mol. The number of rotatable bonds is 13. The zero-order valence-electron chi connectivity index (χ0n) is 28.8. The molecule has 0 radical (unpaired) electrons. The van der Waals surface area contributed by atoms with E-state index in [9.17, 15) is 28.7 Å². The van der Waals surface area contributed by atoms with Crippen molar-refractivity contribution in [2.24, 2.45) is 5.92 Å². The summed E-state index contributed by atoms with van der Waals surface area (Å²) in [5.74, 6) is -0.724. The van der Waals surface area contributed by atoms with Gasteiger partial charge >= 0.3 is 6.03 Å². The normalized spacial score (nSPS) is 16.5. The Bertz CT molecular complexity index is 1640. The average Bonchev–Trinajstić information content (AvgIpc) is 3.13. The van der Waals surface area contributed by atoms with E-state index in [0.29, 0.717) is 59.7 Å². The van der Waals surface area contributed by atoms with E-state index in [1.54, 1.807) is 61.3 Å². The van der Waals surface area contributed by atoms with E-state index in [0.717, 1.165) is 0 Å². The fourth-order valence-electron chi connectivity index (χ4n) is 5.63. The van der Waals surface area contributed by atoms with E-state index in [-0.39, 0.29) is 56.2 Å². The van der Waals surface area contributed by atoms with Crippen LogP contribution in [0.15, 0.2) is 66.7 Å². The number of aliphatic hydroxyl groups is 1. The van der Waals surface area contributed by atoms with Gasteiger partial charge in [-0.3, -0.25) is 14.4 Å². The van der Waals surface area contributed by atoms with Gasteiger partial charge in [-0.1, -0.05) is 25.5 Å². The first-order chi connectivity index (χ1) is 23.9. The molecule has 3 aromatic carbocycles. The number of benzene rings is 3. The lowest BCUT2D eigenvalue weighted by Gasteiger charge is -2.34. The van der Waals surface area contributed by atoms with Crippen LogP contribution in [0.5, 0.6) is 5.75 Å². The summed E-state index contributed by atoms with van der Waals surface area (Å²) in [7, 11) is 1.62. The number of para-hydroxylation sites is 2. The van der Waals surface area contributed by atoms with Crippen molar-refractivity contribution in [1.82, 2.24) is 9.80 Å². The maximum absolute atomic E-state index is 13.5. The fourth-order valence-corrected chi connectivity index (χ4v) is 5.63. The number of carbonyl (C=O) groups excluding carboxylic acids is 4. The molecule has 0 aromatic heterocycles. The Morgan fingerprint density at radius 3 is 2.32 bits per heavy atom. The molecule has 5 amide bonds. The summed E-state index contributed by atoms with van der Waals surface area (Å²) in [6, 6.07) is 16.8. The predicted molar refractivity (Wildman–Crippen MR) is 191 cm³/mol. The highest BCUT2D eigenvalue weighted by Crippen LogP contribution is 2.29. The highest BCUT2D eigenvalue weighted by Gasteiger charge is 2.32. The SMILES string of the molecule is C[C@@H]1CN([C@@H](C)CO)C(=O)Cc2cc(NC(=O)CCCCCC(=O)Nc3ccccc3N)ccc2O[C@@H]1CN(C)C(=O)Nc1ccc(F)cc1. The number of likely N-dealkylation sites (N-methyl/N-ethyl adjacent to an activating group) is 1. The zero-order valence-corrected chi connectivity index (χ0v) is 28.8. The molecular weight excluding hydrogens is 643 g/mol. The first kappa shape index (κ1) is 37.6. The van der Waals surface area contributed by atoms with E-state index in [4.69, 9.17) is 10.5 Å². The van der Waals surface area contributed by atoms with Gasteiger partial charge in [-0.2, -0.15) is 0 Å². The number of nitrogens with one attached hydrogen (secondary N) is 3. The van der Waals surface area contributed by atoms with E-state index in [2.05, 4.69) is 16.0 Å². The molecule has 1 aliphatic rings. The number of hydrogen-bond acceptors (Lipinski definition) is 7. The average molecular weight is 691 g/mol. The molecule has 0 aliphatic carbocycles. The van der Waals surface area contributed by atoms with Gasteiger partial charge in [0.05, 0.1) is 37.0 Å². The molecule has 12 nitrogen and oxygen atoms in total. The Morgan fingerprint density at radius 1 is 0.980 bits per heavy atom. The largest absolute Gasteiger partial charge is 0.488 e. The summed E-state index contributed by atoms with van der Waals surface area (Å²) in [5.41, 5.74) is 8.47. The van der Waals surface area contributed by atoms with Crippen molar-refractivity contribution in [3.05, 3.63) is 78.1 Å². The van der Waals surface area contributed by atoms with Crippen molar-refractivity contribution in [1.29, 1.82) is 0 Å². The second-order valence-corrected chi connectivity index (χ2v) is 12.8. The van der Waals surface area contributed by atoms with Gasteiger partial charge in [-0.15, -0.1) is 0 Å². The van der Waals surface area contributed by atoms with Crippen LogP contribution in [0.3, 0.4) is 0 Å². The fraction of sp³-hybridized carbons (Fsp3) is 0.405. The second kappa shape index (κ2) is 18.0. The molecule has 0 spiro atoms. The topological polar surface area (TPSA) is 166 Å². The number of nitrogen functional groups attached to an aromatic ring is 1. The van der Waals surface area contributed by atoms with Crippen LogP contribution in [0.2, 0.25) is 0 Å². The van der Waals surface area contributed by atoms with Crippen molar-refractivity contribution in [2.45, 2.75) is 64.5 Å². The Morgan fingerprint density at radius 2 is 1.64 bits per heavy atom. The number of unbranched alkanes of at least 4 members (excludes halogenated alkanes) is 2. The predicted octanol–water partition coefficient (Wildman–Crippen LogP) is 5.25. The third-order valence-electron chi connectivity index (χ3n) is 8.64. The van der Waals surface area contributed by atoms with Crippen LogP contribution in [0, 0.1) is 11.7 Å². The molecule has 6 N–H and O–H groups in total. The van der Waals surface area contributed by atoms with E-state index in [1.165, 1.54) is 29.2 Å². The number of fused-ring (bicyclic) bond motifs is 1. The van der Waals surface area contributed by atoms with Crippen molar-refractivity contribution in [3.8, 4) is 5.75 Å². The summed E-state index contributed by atoms with van der Waals surface area (Å²) >= 11 is 0. The molecular formula is C37H47FN6O6. The number of nitrogens with two attached hydrogens (primary N) is 1. The van der Waals surface area contributed by atoms with Gasteiger partial charge in [-0.05, 0) is 74.4 Å². The van der Waals surface area contributed by atoms with Gasteiger partial charge in [0, 0.05) is 49.3 Å². The number of halogens is 1. The molecule has 0 saturated carbocycles. The third kappa shape index (κ3) is 10.9. The van der Waals surface area contributed by atoms with Crippen LogP contribution in [-0.2, 0) is 20.8 Å². The van der Waals surface area contributed by atoms with Crippen LogP contribution in [0.1, 0.15) is 51.5 Å². The summed E-state index contributed by atoms with van der Waals surface area (Å²) in [4.78, 5) is 54.7. The van der Waals surface area contributed by atoms with Crippen molar-refractivity contribution in [2.75, 3.05) is 48.4 Å². The van der Waals surface area contributed by atoms with Gasteiger partial charge in [0.25, 0.3) is 0 Å². The quantitative estimate of drug-likeness (QED) is 0.121. The Labute approximate surface area is 292 Å². The molecule has 50 heavy (non-hydrogen) atoms. The molecule has 13 heteroatoms. The lowest BCUT2D eigenvalue weighted by atomic mass is 10.0. The number of urea groups is 1. The van der Waals surface area contributed by atoms with Crippen LogP contribution >= 0.6 is 0 Å². The summed E-state index contributed by atoms with van der Waals surface area (Å²) in [5, 5.41) is 18.4. The molecule has 1 aliphatic heterocycles. The summed E-state index contributed by atoms with van der Waals surface area (Å²) in [6.45, 7) is 3.93. The van der Waals surface area contributed by atoms with Gasteiger partial charge in [0.2, 0.25) is 17.7 Å². The minimum absolute atomic E-state index is 0.0135. The van der Waals surface area contributed by atoms with Gasteiger partial charge < -0.3 is 41.3 Å². The van der Waals surface area contributed by atoms with Gasteiger partial charge in [-0.25, -0.2) is 9.18 Å².